The number of hydrogen-bond acceptors (Lipinski definition) is 3. The summed E-state index contributed by atoms with van der Waals surface area (Å²) in [7, 11) is -3.39. The standard InChI is InChI=1S/C12H20N2O2S/c1-3-4-5-8-14-17(15,16)12-7-6-11(13)9-10(12)2/h6-7,9,14H,3-5,8,13H2,1-2H3. The van der Waals surface area contributed by atoms with Crippen molar-refractivity contribution in [1.82, 2.24) is 4.72 Å². The molecule has 0 fully saturated rings. The average molecular weight is 256 g/mol. The van der Waals surface area contributed by atoms with Crippen LogP contribution < -0.4 is 10.5 Å². The quantitative estimate of drug-likeness (QED) is 0.604. The highest BCUT2D eigenvalue weighted by molar-refractivity contribution is 7.89. The van der Waals surface area contributed by atoms with Crippen LogP contribution in [0.4, 0.5) is 5.69 Å². The second-order valence-corrected chi connectivity index (χ2v) is 5.87. The van der Waals surface area contributed by atoms with Crippen LogP contribution in [-0.4, -0.2) is 15.0 Å². The van der Waals surface area contributed by atoms with Gasteiger partial charge in [-0.05, 0) is 37.1 Å². The number of nitrogens with two attached hydrogens (primary N) is 1. The zero-order valence-corrected chi connectivity index (χ0v) is 11.2. The fraction of sp³-hybridized carbons (Fsp3) is 0.500. The molecule has 3 N–H and O–H groups in total. The molecule has 0 bridgehead atoms. The summed E-state index contributed by atoms with van der Waals surface area (Å²) in [6.45, 7) is 4.32. The van der Waals surface area contributed by atoms with E-state index in [4.69, 9.17) is 5.73 Å². The highest BCUT2D eigenvalue weighted by Crippen LogP contribution is 2.17. The first-order valence-electron chi connectivity index (χ1n) is 5.83. The van der Waals surface area contributed by atoms with E-state index in [1.807, 2.05) is 0 Å². The number of benzene rings is 1. The van der Waals surface area contributed by atoms with E-state index in [9.17, 15) is 8.42 Å². The van der Waals surface area contributed by atoms with Gasteiger partial charge in [0.25, 0.3) is 0 Å². The molecule has 17 heavy (non-hydrogen) atoms. The number of hydrogen-bond donors (Lipinski definition) is 2. The minimum atomic E-state index is -3.39. The maximum atomic E-state index is 12.0. The predicted octanol–water partition coefficient (Wildman–Crippen LogP) is 2.05. The zero-order valence-electron chi connectivity index (χ0n) is 10.4. The lowest BCUT2D eigenvalue weighted by Crippen LogP contribution is -2.25. The third-order valence-electron chi connectivity index (χ3n) is 2.56. The smallest absolute Gasteiger partial charge is 0.240 e. The molecule has 0 heterocycles. The van der Waals surface area contributed by atoms with E-state index in [0.717, 1.165) is 19.3 Å². The van der Waals surface area contributed by atoms with Crippen molar-refractivity contribution in [2.24, 2.45) is 0 Å². The Morgan fingerprint density at radius 3 is 2.59 bits per heavy atom. The molecule has 1 rings (SSSR count). The molecule has 0 spiro atoms. The van der Waals surface area contributed by atoms with Crippen molar-refractivity contribution in [3.05, 3.63) is 23.8 Å². The second kappa shape index (κ2) is 6.02. The van der Waals surface area contributed by atoms with Gasteiger partial charge in [-0.25, -0.2) is 13.1 Å². The SMILES string of the molecule is CCCCCNS(=O)(=O)c1ccc(N)cc1C. The Balaban J connectivity index is 2.76. The van der Waals surface area contributed by atoms with E-state index in [1.54, 1.807) is 25.1 Å². The van der Waals surface area contributed by atoms with Crippen molar-refractivity contribution in [3.8, 4) is 0 Å². The number of rotatable bonds is 6. The summed E-state index contributed by atoms with van der Waals surface area (Å²) in [5, 5.41) is 0. The van der Waals surface area contributed by atoms with E-state index in [0.29, 0.717) is 22.7 Å². The highest BCUT2D eigenvalue weighted by Gasteiger charge is 2.15. The maximum Gasteiger partial charge on any atom is 0.240 e. The molecule has 0 aliphatic carbocycles. The van der Waals surface area contributed by atoms with E-state index in [1.165, 1.54) is 0 Å². The van der Waals surface area contributed by atoms with Crippen LogP contribution in [-0.2, 0) is 10.0 Å². The Hall–Kier alpha value is -1.07. The van der Waals surface area contributed by atoms with Crippen LogP contribution in [0.2, 0.25) is 0 Å². The summed E-state index contributed by atoms with van der Waals surface area (Å²) in [5.41, 5.74) is 6.85. The summed E-state index contributed by atoms with van der Waals surface area (Å²) >= 11 is 0. The summed E-state index contributed by atoms with van der Waals surface area (Å²) in [6, 6.07) is 4.82. The maximum absolute atomic E-state index is 12.0. The fourth-order valence-corrected chi connectivity index (χ4v) is 2.93. The van der Waals surface area contributed by atoms with Crippen molar-refractivity contribution in [2.45, 2.75) is 38.0 Å². The number of anilines is 1. The second-order valence-electron chi connectivity index (χ2n) is 4.13. The van der Waals surface area contributed by atoms with E-state index in [2.05, 4.69) is 11.6 Å². The first kappa shape index (κ1) is 14.0. The molecule has 0 saturated carbocycles. The fourth-order valence-electron chi connectivity index (χ4n) is 1.63. The topological polar surface area (TPSA) is 72.2 Å². The number of nitrogen functional groups attached to an aromatic ring is 1. The molecule has 1 aromatic rings. The Kier molecular flexibility index (Phi) is 4.96. The Labute approximate surface area is 103 Å². The van der Waals surface area contributed by atoms with Crippen molar-refractivity contribution < 1.29 is 8.42 Å². The third kappa shape index (κ3) is 4.02. The van der Waals surface area contributed by atoms with Crippen molar-refractivity contribution >= 4 is 15.7 Å². The minimum Gasteiger partial charge on any atom is -0.399 e. The molecule has 0 aromatic heterocycles. The molecule has 0 unspecified atom stereocenters. The zero-order chi connectivity index (χ0) is 12.9. The van der Waals surface area contributed by atoms with Gasteiger partial charge in [0.15, 0.2) is 0 Å². The van der Waals surface area contributed by atoms with Gasteiger partial charge in [-0.2, -0.15) is 0 Å². The molecular weight excluding hydrogens is 236 g/mol. The van der Waals surface area contributed by atoms with Crippen LogP contribution in [0, 0.1) is 6.92 Å². The molecule has 96 valence electrons. The van der Waals surface area contributed by atoms with Crippen LogP contribution >= 0.6 is 0 Å². The number of unbranched alkanes of at least 4 members (excludes halogenated alkanes) is 2. The van der Waals surface area contributed by atoms with Gasteiger partial charge in [0, 0.05) is 12.2 Å². The summed E-state index contributed by atoms with van der Waals surface area (Å²) < 4.78 is 26.6. The number of nitrogens with one attached hydrogen (secondary N) is 1. The molecular formula is C12H20N2O2S. The Morgan fingerprint density at radius 2 is 2.00 bits per heavy atom. The molecule has 1 aromatic carbocycles. The number of aryl methyl sites for hydroxylation is 1. The normalized spacial score (nSPS) is 11.6. The van der Waals surface area contributed by atoms with Gasteiger partial charge in [-0.15, -0.1) is 0 Å². The molecule has 0 amide bonds. The molecule has 5 heteroatoms. The lowest BCUT2D eigenvalue weighted by Gasteiger charge is -2.09. The third-order valence-corrected chi connectivity index (χ3v) is 4.18. The summed E-state index contributed by atoms with van der Waals surface area (Å²) in [5.74, 6) is 0. The Morgan fingerprint density at radius 1 is 1.29 bits per heavy atom. The van der Waals surface area contributed by atoms with Gasteiger partial charge in [0.1, 0.15) is 0 Å². The predicted molar refractivity (Wildman–Crippen MR) is 70.3 cm³/mol. The highest BCUT2D eigenvalue weighted by atomic mass is 32.2. The van der Waals surface area contributed by atoms with Gasteiger partial charge >= 0.3 is 0 Å². The minimum absolute atomic E-state index is 0.309. The first-order chi connectivity index (χ1) is 7.97. The summed E-state index contributed by atoms with van der Waals surface area (Å²) in [6.07, 6.45) is 2.97. The molecule has 4 nitrogen and oxygen atoms in total. The Bertz CT molecular complexity index is 469. The lowest BCUT2D eigenvalue weighted by molar-refractivity contribution is 0.575. The van der Waals surface area contributed by atoms with E-state index in [-0.39, 0.29) is 0 Å². The van der Waals surface area contributed by atoms with Gasteiger partial charge in [0.2, 0.25) is 10.0 Å². The summed E-state index contributed by atoms with van der Waals surface area (Å²) in [4.78, 5) is 0.309. The van der Waals surface area contributed by atoms with Crippen LogP contribution in [0.25, 0.3) is 0 Å². The van der Waals surface area contributed by atoms with Gasteiger partial charge in [0.05, 0.1) is 4.90 Å². The van der Waals surface area contributed by atoms with Gasteiger partial charge in [-0.3, -0.25) is 0 Å². The lowest BCUT2D eigenvalue weighted by atomic mass is 10.2. The van der Waals surface area contributed by atoms with Crippen LogP contribution in [0.3, 0.4) is 0 Å². The van der Waals surface area contributed by atoms with Crippen LogP contribution in [0.5, 0.6) is 0 Å². The molecule has 0 atom stereocenters. The van der Waals surface area contributed by atoms with Gasteiger partial charge in [-0.1, -0.05) is 19.8 Å². The van der Waals surface area contributed by atoms with Crippen molar-refractivity contribution in [1.29, 1.82) is 0 Å². The number of sulfonamides is 1. The molecule has 0 saturated heterocycles. The monoisotopic (exact) mass is 256 g/mol. The van der Waals surface area contributed by atoms with Crippen LogP contribution in [0.1, 0.15) is 31.7 Å². The van der Waals surface area contributed by atoms with Crippen molar-refractivity contribution in [3.63, 3.8) is 0 Å². The van der Waals surface area contributed by atoms with Crippen molar-refractivity contribution in [2.75, 3.05) is 12.3 Å². The molecule has 0 aliphatic rings. The molecule has 0 aliphatic heterocycles. The van der Waals surface area contributed by atoms with E-state index >= 15 is 0 Å². The average Bonchev–Trinajstić information content (AvgIpc) is 2.24. The first-order valence-corrected chi connectivity index (χ1v) is 7.31. The van der Waals surface area contributed by atoms with Crippen LogP contribution in [0.15, 0.2) is 23.1 Å². The largest absolute Gasteiger partial charge is 0.399 e. The van der Waals surface area contributed by atoms with E-state index < -0.39 is 10.0 Å². The van der Waals surface area contributed by atoms with Gasteiger partial charge < -0.3 is 5.73 Å². The molecule has 0 radical (unpaired) electrons.